The van der Waals surface area contributed by atoms with Crippen molar-refractivity contribution in [1.29, 1.82) is 0 Å². The monoisotopic (exact) mass is 656 g/mol. The van der Waals surface area contributed by atoms with Crippen LogP contribution in [0.3, 0.4) is 0 Å². The first-order valence-corrected chi connectivity index (χ1v) is 14.5. The van der Waals surface area contributed by atoms with Gasteiger partial charge in [-0.3, -0.25) is 24.0 Å². The number of nitrogens with one attached hydrogen (secondary N) is 1. The molecule has 2 aliphatic rings. The molecule has 10 heteroatoms. The SMILES string of the molecule is O=C(NC(Cc1ccccc1I)CN1C(=O)c2ccccc2C1=O)c1cc2c(s1)CCCn1ncc(Cl)c1-2. The van der Waals surface area contributed by atoms with Gasteiger partial charge in [0.15, 0.2) is 0 Å². The number of carbonyl (C=O) groups excluding carboxylic acids is 3. The molecule has 0 fully saturated rings. The zero-order valence-corrected chi connectivity index (χ0v) is 23.8. The number of amides is 3. The Balaban J connectivity index is 1.29. The van der Waals surface area contributed by atoms with Crippen LogP contribution in [0.4, 0.5) is 0 Å². The van der Waals surface area contributed by atoms with E-state index in [-0.39, 0.29) is 24.3 Å². The molecule has 4 heterocycles. The highest BCUT2D eigenvalue weighted by molar-refractivity contribution is 14.1. The number of hydrogen-bond donors (Lipinski definition) is 1. The standard InChI is InChI=1S/C28H22ClIN4O3S/c29-21-14-31-34-11-5-10-23-20(25(21)34)13-24(38-23)26(35)32-17(12-16-6-1-4-9-22(16)30)15-33-27(36)18-7-2-3-8-19(18)28(33)37/h1-4,6-9,13-14,17H,5,10-12,15H2,(H,32,35). The molecule has 4 aromatic rings. The number of hydrogen-bond acceptors (Lipinski definition) is 5. The number of thiophene rings is 1. The number of rotatable bonds is 6. The Kier molecular flexibility index (Phi) is 6.83. The van der Waals surface area contributed by atoms with Crippen LogP contribution in [0.2, 0.25) is 5.02 Å². The lowest BCUT2D eigenvalue weighted by Gasteiger charge is -2.24. The molecule has 1 atom stereocenters. The van der Waals surface area contributed by atoms with Crippen molar-refractivity contribution < 1.29 is 14.4 Å². The van der Waals surface area contributed by atoms with Gasteiger partial charge in [-0.25, -0.2) is 0 Å². The van der Waals surface area contributed by atoms with Crippen LogP contribution in [0.15, 0.2) is 60.8 Å². The minimum Gasteiger partial charge on any atom is -0.346 e. The molecular formula is C28H22ClIN4O3S. The summed E-state index contributed by atoms with van der Waals surface area (Å²) >= 11 is 10.2. The van der Waals surface area contributed by atoms with Crippen molar-refractivity contribution >= 4 is 63.3 Å². The molecule has 3 amide bonds. The van der Waals surface area contributed by atoms with Gasteiger partial charge in [-0.1, -0.05) is 41.9 Å². The van der Waals surface area contributed by atoms with Crippen molar-refractivity contribution in [3.63, 3.8) is 0 Å². The van der Waals surface area contributed by atoms with E-state index in [1.54, 1.807) is 30.5 Å². The highest BCUT2D eigenvalue weighted by atomic mass is 127. The van der Waals surface area contributed by atoms with Gasteiger partial charge in [-0.05, 0) is 71.7 Å². The highest BCUT2D eigenvalue weighted by Gasteiger charge is 2.37. The van der Waals surface area contributed by atoms with E-state index < -0.39 is 6.04 Å². The molecule has 0 radical (unpaired) electrons. The molecule has 1 N–H and O–H groups in total. The normalized spacial score (nSPS) is 15.1. The van der Waals surface area contributed by atoms with E-state index in [0.717, 1.165) is 44.7 Å². The van der Waals surface area contributed by atoms with Gasteiger partial charge in [-0.2, -0.15) is 5.10 Å². The number of aromatic nitrogens is 2. The number of aryl methyl sites for hydroxylation is 2. The Hall–Kier alpha value is -3.02. The molecule has 0 spiro atoms. The van der Waals surface area contributed by atoms with Crippen LogP contribution >= 0.6 is 45.5 Å². The van der Waals surface area contributed by atoms with Crippen LogP contribution < -0.4 is 5.32 Å². The van der Waals surface area contributed by atoms with E-state index in [4.69, 9.17) is 11.6 Å². The van der Waals surface area contributed by atoms with Gasteiger partial charge < -0.3 is 5.32 Å². The summed E-state index contributed by atoms with van der Waals surface area (Å²) in [6.45, 7) is 0.857. The van der Waals surface area contributed by atoms with Crippen molar-refractivity contribution in [1.82, 2.24) is 20.0 Å². The van der Waals surface area contributed by atoms with Gasteiger partial charge in [0.25, 0.3) is 17.7 Å². The third kappa shape index (κ3) is 4.56. The Morgan fingerprint density at radius 1 is 1.08 bits per heavy atom. The number of halogens is 2. The van der Waals surface area contributed by atoms with Crippen molar-refractivity contribution in [3.8, 4) is 11.3 Å². The molecule has 0 bridgehead atoms. The zero-order valence-electron chi connectivity index (χ0n) is 20.1. The maximum atomic E-state index is 13.6. The smallest absolute Gasteiger partial charge is 0.261 e. The first kappa shape index (κ1) is 25.3. The minimum atomic E-state index is -0.475. The largest absolute Gasteiger partial charge is 0.346 e. The van der Waals surface area contributed by atoms with E-state index in [1.807, 2.05) is 35.0 Å². The van der Waals surface area contributed by atoms with Crippen molar-refractivity contribution in [3.05, 3.63) is 95.8 Å². The number of nitrogens with zero attached hydrogens (tertiary/aromatic N) is 3. The highest BCUT2D eigenvalue weighted by Crippen LogP contribution is 2.38. The second-order valence-electron chi connectivity index (χ2n) is 9.35. The molecule has 2 aromatic carbocycles. The Morgan fingerprint density at radius 2 is 1.79 bits per heavy atom. The summed E-state index contributed by atoms with van der Waals surface area (Å²) in [4.78, 5) is 42.6. The molecule has 2 aromatic heterocycles. The molecule has 7 nitrogen and oxygen atoms in total. The first-order chi connectivity index (χ1) is 18.4. The van der Waals surface area contributed by atoms with Gasteiger partial charge >= 0.3 is 0 Å². The lowest BCUT2D eigenvalue weighted by Crippen LogP contribution is -2.46. The van der Waals surface area contributed by atoms with Gasteiger partial charge in [0.05, 0.1) is 39.0 Å². The third-order valence-electron chi connectivity index (χ3n) is 6.90. The van der Waals surface area contributed by atoms with E-state index in [2.05, 4.69) is 33.0 Å². The molecule has 192 valence electrons. The number of imide groups is 1. The van der Waals surface area contributed by atoms with Crippen LogP contribution in [-0.4, -0.2) is 45.0 Å². The zero-order chi connectivity index (χ0) is 26.4. The van der Waals surface area contributed by atoms with Gasteiger partial charge in [0, 0.05) is 27.1 Å². The summed E-state index contributed by atoms with van der Waals surface area (Å²) in [5.74, 6) is -0.908. The lowest BCUT2D eigenvalue weighted by molar-refractivity contribution is 0.0629. The Labute approximate surface area is 241 Å². The fourth-order valence-electron chi connectivity index (χ4n) is 5.09. The fourth-order valence-corrected chi connectivity index (χ4v) is 7.04. The fraction of sp³-hybridized carbons (Fsp3) is 0.214. The lowest BCUT2D eigenvalue weighted by atomic mass is 10.0. The summed E-state index contributed by atoms with van der Waals surface area (Å²) in [5.41, 5.74) is 3.61. The maximum Gasteiger partial charge on any atom is 0.261 e. The number of carbonyl (C=O) groups is 3. The van der Waals surface area contributed by atoms with Crippen LogP contribution in [0.25, 0.3) is 11.3 Å². The molecule has 2 aliphatic heterocycles. The second kappa shape index (κ2) is 10.3. The Morgan fingerprint density at radius 3 is 2.53 bits per heavy atom. The second-order valence-corrected chi connectivity index (χ2v) is 12.1. The summed E-state index contributed by atoms with van der Waals surface area (Å²) in [7, 11) is 0. The van der Waals surface area contributed by atoms with Crippen molar-refractivity contribution in [2.24, 2.45) is 0 Å². The van der Waals surface area contributed by atoms with E-state index in [1.165, 1.54) is 16.2 Å². The van der Waals surface area contributed by atoms with Crippen LogP contribution in [0.1, 0.15) is 47.2 Å². The average molecular weight is 657 g/mol. The van der Waals surface area contributed by atoms with Gasteiger partial charge in [0.2, 0.25) is 0 Å². The number of fused-ring (bicyclic) bond motifs is 4. The molecule has 0 aliphatic carbocycles. The number of benzene rings is 2. The van der Waals surface area contributed by atoms with Gasteiger partial charge in [-0.15, -0.1) is 11.3 Å². The van der Waals surface area contributed by atoms with Crippen LogP contribution in [0.5, 0.6) is 0 Å². The molecule has 38 heavy (non-hydrogen) atoms. The third-order valence-corrected chi connectivity index (χ3v) is 9.42. The minimum absolute atomic E-state index is 0.0761. The molecule has 6 rings (SSSR count). The quantitative estimate of drug-likeness (QED) is 0.221. The van der Waals surface area contributed by atoms with Crippen LogP contribution in [-0.2, 0) is 19.4 Å². The molecular weight excluding hydrogens is 635 g/mol. The van der Waals surface area contributed by atoms with E-state index >= 15 is 0 Å². The Bertz CT molecular complexity index is 1560. The first-order valence-electron chi connectivity index (χ1n) is 12.2. The van der Waals surface area contributed by atoms with Crippen LogP contribution in [0, 0.1) is 3.57 Å². The summed E-state index contributed by atoms with van der Waals surface area (Å²) in [6, 6.07) is 16.1. The average Bonchev–Trinajstić information content (AvgIpc) is 3.52. The van der Waals surface area contributed by atoms with E-state index in [0.29, 0.717) is 27.4 Å². The summed E-state index contributed by atoms with van der Waals surface area (Å²) in [5, 5.41) is 8.08. The molecule has 0 saturated heterocycles. The molecule has 0 saturated carbocycles. The maximum absolute atomic E-state index is 13.6. The predicted octanol–water partition coefficient (Wildman–Crippen LogP) is 5.45. The summed E-state index contributed by atoms with van der Waals surface area (Å²) < 4.78 is 2.95. The van der Waals surface area contributed by atoms with Gasteiger partial charge in [0.1, 0.15) is 0 Å². The predicted molar refractivity (Wildman–Crippen MR) is 155 cm³/mol. The van der Waals surface area contributed by atoms with Crippen molar-refractivity contribution in [2.45, 2.75) is 31.8 Å². The van der Waals surface area contributed by atoms with Crippen molar-refractivity contribution in [2.75, 3.05) is 6.54 Å². The summed E-state index contributed by atoms with van der Waals surface area (Å²) in [6.07, 6.45) is 3.87. The molecule has 1 unspecified atom stereocenters. The topological polar surface area (TPSA) is 84.3 Å². The van der Waals surface area contributed by atoms with E-state index in [9.17, 15) is 14.4 Å².